The fourth-order valence-corrected chi connectivity index (χ4v) is 1.81. The van der Waals surface area contributed by atoms with Crippen molar-refractivity contribution in [2.24, 2.45) is 0 Å². The lowest BCUT2D eigenvalue weighted by Crippen LogP contribution is -2.18. The molecule has 0 atom stereocenters. The third-order valence-electron chi connectivity index (χ3n) is 2.87. The molecule has 1 heterocycles. The number of hydrogen-bond acceptors (Lipinski definition) is 1. The van der Waals surface area contributed by atoms with E-state index in [0.29, 0.717) is 5.56 Å². The monoisotopic (exact) mass is 233 g/mol. The summed E-state index contributed by atoms with van der Waals surface area (Å²) >= 11 is 0. The van der Waals surface area contributed by atoms with Crippen molar-refractivity contribution < 1.29 is 8.78 Å². The summed E-state index contributed by atoms with van der Waals surface area (Å²) in [7, 11) is 1.83. The van der Waals surface area contributed by atoms with Gasteiger partial charge < -0.3 is 4.90 Å². The average Bonchev–Trinajstić information content (AvgIpc) is 2.24. The molecule has 1 aliphatic rings. The number of rotatable bonds is 1. The van der Waals surface area contributed by atoms with E-state index in [9.17, 15) is 8.78 Å². The fraction of sp³-hybridized carbons (Fsp3) is 0.143. The van der Waals surface area contributed by atoms with Crippen LogP contribution in [0.15, 0.2) is 48.2 Å². The first-order valence-electron chi connectivity index (χ1n) is 5.27. The van der Waals surface area contributed by atoms with Gasteiger partial charge in [0, 0.05) is 30.1 Å². The molecule has 1 nitrogen and oxygen atoms in total. The predicted octanol–water partition coefficient (Wildman–Crippen LogP) is 3.71. The highest BCUT2D eigenvalue weighted by Gasteiger charge is 2.16. The molecule has 17 heavy (non-hydrogen) atoms. The van der Waals surface area contributed by atoms with Crippen molar-refractivity contribution in [3.63, 3.8) is 0 Å². The minimum absolute atomic E-state index is 0.509. The number of likely N-dealkylation sites (N-methyl/N-ethyl adjacent to an activating group) is 1. The van der Waals surface area contributed by atoms with Crippen molar-refractivity contribution in [2.45, 2.75) is 6.92 Å². The summed E-state index contributed by atoms with van der Waals surface area (Å²) in [4.78, 5) is 1.82. The van der Waals surface area contributed by atoms with Crippen LogP contribution in [0.25, 0.3) is 5.70 Å². The van der Waals surface area contributed by atoms with Crippen molar-refractivity contribution in [1.82, 2.24) is 4.90 Å². The smallest absolute Gasteiger partial charge is 0.126 e. The Hall–Kier alpha value is -1.90. The topological polar surface area (TPSA) is 3.24 Å². The van der Waals surface area contributed by atoms with Gasteiger partial charge in [-0.3, -0.25) is 0 Å². The summed E-state index contributed by atoms with van der Waals surface area (Å²) < 4.78 is 26.3. The predicted molar refractivity (Wildman–Crippen MR) is 65.0 cm³/mol. The van der Waals surface area contributed by atoms with Gasteiger partial charge in [-0.2, -0.15) is 0 Å². The van der Waals surface area contributed by atoms with Crippen LogP contribution in [0, 0.1) is 11.6 Å². The zero-order valence-electron chi connectivity index (χ0n) is 9.80. The fourth-order valence-electron chi connectivity index (χ4n) is 1.81. The molecule has 0 N–H and O–H groups in total. The molecular formula is C14H13F2N. The van der Waals surface area contributed by atoms with E-state index in [0.717, 1.165) is 23.0 Å². The first kappa shape index (κ1) is 11.6. The van der Waals surface area contributed by atoms with E-state index in [1.807, 2.05) is 31.0 Å². The molecule has 0 bridgehead atoms. The number of nitrogens with zero attached hydrogens (tertiary/aromatic N) is 1. The quantitative estimate of drug-likeness (QED) is 0.714. The molecule has 0 radical (unpaired) electrons. The van der Waals surface area contributed by atoms with Gasteiger partial charge in [0.15, 0.2) is 0 Å². The summed E-state index contributed by atoms with van der Waals surface area (Å²) in [5.41, 5.74) is 3.11. The molecule has 0 saturated heterocycles. The molecule has 3 heteroatoms. The van der Waals surface area contributed by atoms with Crippen molar-refractivity contribution in [3.8, 4) is 0 Å². The van der Waals surface area contributed by atoms with Gasteiger partial charge in [-0.05, 0) is 30.7 Å². The number of allylic oxidation sites excluding steroid dienone is 3. The zero-order valence-corrected chi connectivity index (χ0v) is 9.80. The van der Waals surface area contributed by atoms with Gasteiger partial charge in [0.25, 0.3) is 0 Å². The minimum atomic E-state index is -0.578. The van der Waals surface area contributed by atoms with Crippen LogP contribution in [0.3, 0.4) is 0 Å². The molecule has 0 fully saturated rings. The molecule has 1 aliphatic heterocycles. The Balaban J connectivity index is 2.50. The summed E-state index contributed by atoms with van der Waals surface area (Å²) in [6.45, 7) is 5.87. The summed E-state index contributed by atoms with van der Waals surface area (Å²) in [6.07, 6.45) is 3.72. The largest absolute Gasteiger partial charge is 0.344 e. The zero-order chi connectivity index (χ0) is 12.6. The second-order valence-corrected chi connectivity index (χ2v) is 4.07. The van der Waals surface area contributed by atoms with E-state index in [4.69, 9.17) is 0 Å². The van der Waals surface area contributed by atoms with Crippen LogP contribution in [0.5, 0.6) is 0 Å². The Morgan fingerprint density at radius 2 is 1.65 bits per heavy atom. The van der Waals surface area contributed by atoms with Crippen molar-refractivity contribution in [3.05, 3.63) is 65.4 Å². The molecule has 1 aromatic rings. The first-order chi connectivity index (χ1) is 7.99. The highest BCUT2D eigenvalue weighted by Crippen LogP contribution is 2.29. The normalized spacial score (nSPS) is 15.8. The third kappa shape index (κ3) is 2.13. The van der Waals surface area contributed by atoms with E-state index < -0.39 is 11.6 Å². The van der Waals surface area contributed by atoms with Gasteiger partial charge in [0.2, 0.25) is 0 Å². The SMILES string of the molecule is C=C1C(C)=CC=C(c2cc(F)cc(F)c2)N1C. The second-order valence-electron chi connectivity index (χ2n) is 4.07. The maximum Gasteiger partial charge on any atom is 0.126 e. The average molecular weight is 233 g/mol. The molecule has 1 aromatic carbocycles. The van der Waals surface area contributed by atoms with Gasteiger partial charge in [-0.1, -0.05) is 12.7 Å². The Morgan fingerprint density at radius 1 is 1.06 bits per heavy atom. The Morgan fingerprint density at radius 3 is 2.24 bits per heavy atom. The Bertz CT molecular complexity index is 521. The Labute approximate surface area is 99.4 Å². The highest BCUT2D eigenvalue weighted by atomic mass is 19.1. The van der Waals surface area contributed by atoms with E-state index in [1.165, 1.54) is 12.1 Å². The highest BCUT2D eigenvalue weighted by molar-refractivity contribution is 5.70. The standard InChI is InChI=1S/C14H13F2N/c1-9-4-5-14(17(3)10(9)2)11-6-12(15)8-13(16)7-11/h4-8H,2H2,1,3H3. The maximum absolute atomic E-state index is 13.2. The maximum atomic E-state index is 13.2. The number of benzene rings is 1. The van der Waals surface area contributed by atoms with E-state index in [1.54, 1.807) is 0 Å². The summed E-state index contributed by atoms with van der Waals surface area (Å²) in [5, 5.41) is 0. The van der Waals surface area contributed by atoms with E-state index in [2.05, 4.69) is 6.58 Å². The molecule has 0 aliphatic carbocycles. The van der Waals surface area contributed by atoms with Crippen LogP contribution >= 0.6 is 0 Å². The van der Waals surface area contributed by atoms with Crippen LogP contribution in [0.4, 0.5) is 8.78 Å². The summed E-state index contributed by atoms with van der Waals surface area (Å²) in [6, 6.07) is 3.49. The lowest BCUT2D eigenvalue weighted by molar-refractivity contribution is 0.574. The van der Waals surface area contributed by atoms with Gasteiger partial charge in [-0.25, -0.2) is 8.78 Å². The van der Waals surface area contributed by atoms with Crippen LogP contribution in [0.1, 0.15) is 12.5 Å². The summed E-state index contributed by atoms with van der Waals surface area (Å²) in [5.74, 6) is -1.16. The van der Waals surface area contributed by atoms with Crippen molar-refractivity contribution in [1.29, 1.82) is 0 Å². The molecule has 2 rings (SSSR count). The van der Waals surface area contributed by atoms with Gasteiger partial charge in [0.05, 0.1) is 0 Å². The third-order valence-corrected chi connectivity index (χ3v) is 2.87. The Kier molecular flexibility index (Phi) is 2.84. The molecule has 0 saturated carbocycles. The molecule has 0 unspecified atom stereocenters. The van der Waals surface area contributed by atoms with Gasteiger partial charge in [-0.15, -0.1) is 0 Å². The van der Waals surface area contributed by atoms with Crippen molar-refractivity contribution >= 4 is 5.70 Å². The van der Waals surface area contributed by atoms with Crippen LogP contribution in [-0.4, -0.2) is 11.9 Å². The lowest BCUT2D eigenvalue weighted by atomic mass is 10.0. The minimum Gasteiger partial charge on any atom is -0.344 e. The van der Waals surface area contributed by atoms with Crippen LogP contribution < -0.4 is 0 Å². The molecule has 0 aromatic heterocycles. The van der Waals surface area contributed by atoms with E-state index in [-0.39, 0.29) is 0 Å². The van der Waals surface area contributed by atoms with Gasteiger partial charge >= 0.3 is 0 Å². The molecular weight excluding hydrogens is 220 g/mol. The second kappa shape index (κ2) is 4.17. The number of hydrogen-bond donors (Lipinski definition) is 0. The molecule has 0 spiro atoms. The van der Waals surface area contributed by atoms with Crippen LogP contribution in [-0.2, 0) is 0 Å². The van der Waals surface area contributed by atoms with Crippen LogP contribution in [0.2, 0.25) is 0 Å². The van der Waals surface area contributed by atoms with Crippen molar-refractivity contribution in [2.75, 3.05) is 7.05 Å². The molecule has 0 amide bonds. The van der Waals surface area contributed by atoms with E-state index >= 15 is 0 Å². The molecule has 88 valence electrons. The first-order valence-corrected chi connectivity index (χ1v) is 5.27. The number of halogens is 2. The lowest BCUT2D eigenvalue weighted by Gasteiger charge is -2.28. The van der Waals surface area contributed by atoms with Gasteiger partial charge in [0.1, 0.15) is 11.6 Å².